The molecule has 0 amide bonds. The van der Waals surface area contributed by atoms with Gasteiger partial charge in [-0.05, 0) is 29.8 Å². The molecule has 2 rings (SSSR count). The molecule has 0 N–H and O–H groups in total. The largest absolute Gasteiger partial charge is 0.279 e. The van der Waals surface area contributed by atoms with E-state index >= 15 is 0 Å². The lowest BCUT2D eigenvalue weighted by molar-refractivity contribution is -0.395. The molecular formula is C13H9BrN2O4S. The highest BCUT2D eigenvalue weighted by atomic mass is 79.9. The molecule has 0 unspecified atom stereocenters. The first-order valence-electron chi connectivity index (χ1n) is 5.78. The van der Waals surface area contributed by atoms with Crippen molar-refractivity contribution >= 4 is 39.9 Å². The summed E-state index contributed by atoms with van der Waals surface area (Å²) in [6, 6.07) is 9.07. The second-order valence-electron chi connectivity index (χ2n) is 4.24. The van der Waals surface area contributed by atoms with E-state index in [-0.39, 0.29) is 23.4 Å². The highest BCUT2D eigenvalue weighted by molar-refractivity contribution is 9.10. The summed E-state index contributed by atoms with van der Waals surface area (Å²) in [7, 11) is 0. The lowest BCUT2D eigenvalue weighted by Crippen LogP contribution is -2.02. The zero-order chi connectivity index (χ0) is 15.6. The first-order valence-corrected chi connectivity index (χ1v) is 7.02. The van der Waals surface area contributed by atoms with E-state index < -0.39 is 9.85 Å². The van der Waals surface area contributed by atoms with Gasteiger partial charge in [0.15, 0.2) is 0 Å². The van der Waals surface area contributed by atoms with Gasteiger partial charge in [0.05, 0.1) is 9.85 Å². The minimum atomic E-state index is -0.613. The Morgan fingerprint density at radius 2 is 1.62 bits per heavy atom. The van der Waals surface area contributed by atoms with Crippen molar-refractivity contribution in [1.82, 2.24) is 0 Å². The molecule has 0 aliphatic carbocycles. The van der Waals surface area contributed by atoms with Gasteiger partial charge in [0, 0.05) is 27.9 Å². The van der Waals surface area contributed by atoms with E-state index in [0.29, 0.717) is 10.5 Å². The highest BCUT2D eigenvalue weighted by Gasteiger charge is 2.25. The van der Waals surface area contributed by atoms with Crippen LogP contribution in [0.1, 0.15) is 11.1 Å². The summed E-state index contributed by atoms with van der Waals surface area (Å²) in [6.45, 7) is 0. The SMILES string of the molecule is O=[N+]([O-])c1cccc([N+](=O)[O-])c1Cc1cc(Br)ccc1S. The Labute approximate surface area is 133 Å². The van der Waals surface area contributed by atoms with Crippen LogP contribution in [0, 0.1) is 20.2 Å². The number of rotatable bonds is 4. The number of benzene rings is 2. The van der Waals surface area contributed by atoms with Crippen LogP contribution in [0.4, 0.5) is 11.4 Å². The van der Waals surface area contributed by atoms with E-state index in [2.05, 4.69) is 28.6 Å². The molecule has 0 aliphatic heterocycles. The van der Waals surface area contributed by atoms with E-state index in [9.17, 15) is 20.2 Å². The van der Waals surface area contributed by atoms with Crippen LogP contribution in [0.2, 0.25) is 0 Å². The Bertz CT molecular complexity index is 704. The van der Waals surface area contributed by atoms with E-state index in [0.717, 1.165) is 4.47 Å². The first kappa shape index (κ1) is 15.5. The normalized spacial score (nSPS) is 10.4. The van der Waals surface area contributed by atoms with Crippen molar-refractivity contribution in [2.24, 2.45) is 0 Å². The summed E-state index contributed by atoms with van der Waals surface area (Å²) in [5, 5.41) is 22.2. The Hall–Kier alpha value is -1.93. The summed E-state index contributed by atoms with van der Waals surface area (Å²) in [4.78, 5) is 21.6. The maximum Gasteiger partial charge on any atom is 0.279 e. The second-order valence-corrected chi connectivity index (χ2v) is 5.64. The summed E-state index contributed by atoms with van der Waals surface area (Å²) < 4.78 is 0.775. The van der Waals surface area contributed by atoms with Crippen LogP contribution in [-0.2, 0) is 6.42 Å². The standard InChI is InChI=1S/C13H9BrN2O4S/c14-9-4-5-13(21)8(6-9)7-10-11(15(17)18)2-1-3-12(10)16(19)20/h1-6,21H,7H2. The summed E-state index contributed by atoms with van der Waals surface area (Å²) in [5.41, 5.74) is 0.208. The molecule has 0 saturated heterocycles. The van der Waals surface area contributed by atoms with E-state index in [1.807, 2.05) is 0 Å². The van der Waals surface area contributed by atoms with Crippen molar-refractivity contribution in [3.05, 3.63) is 72.2 Å². The summed E-state index contributed by atoms with van der Waals surface area (Å²) >= 11 is 7.59. The number of nitro benzene ring substituents is 2. The second kappa shape index (κ2) is 6.23. The minimum absolute atomic E-state index is 0.0612. The third kappa shape index (κ3) is 3.40. The van der Waals surface area contributed by atoms with Gasteiger partial charge in [-0.1, -0.05) is 15.9 Å². The van der Waals surface area contributed by atoms with Gasteiger partial charge in [0.2, 0.25) is 0 Å². The number of nitrogens with zero attached hydrogens (tertiary/aromatic N) is 2. The molecule has 0 fully saturated rings. The molecule has 0 heterocycles. The molecule has 2 aromatic rings. The zero-order valence-corrected chi connectivity index (χ0v) is 13.0. The van der Waals surface area contributed by atoms with Crippen LogP contribution in [-0.4, -0.2) is 9.85 Å². The zero-order valence-electron chi connectivity index (χ0n) is 10.5. The monoisotopic (exact) mass is 368 g/mol. The Morgan fingerprint density at radius 1 is 1.05 bits per heavy atom. The third-order valence-electron chi connectivity index (χ3n) is 2.93. The maximum absolute atomic E-state index is 11.1. The van der Waals surface area contributed by atoms with Gasteiger partial charge in [0.25, 0.3) is 11.4 Å². The number of hydrogen-bond donors (Lipinski definition) is 1. The maximum atomic E-state index is 11.1. The molecule has 6 nitrogen and oxygen atoms in total. The van der Waals surface area contributed by atoms with Gasteiger partial charge in [-0.15, -0.1) is 12.6 Å². The summed E-state index contributed by atoms with van der Waals surface area (Å²) in [6.07, 6.45) is 0.0612. The van der Waals surface area contributed by atoms with Crippen LogP contribution in [0.5, 0.6) is 0 Å². The topological polar surface area (TPSA) is 86.3 Å². The molecule has 0 bridgehead atoms. The minimum Gasteiger partial charge on any atom is -0.258 e. The smallest absolute Gasteiger partial charge is 0.258 e. The average Bonchev–Trinajstić information content (AvgIpc) is 2.42. The summed E-state index contributed by atoms with van der Waals surface area (Å²) in [5.74, 6) is 0. The van der Waals surface area contributed by atoms with Crippen molar-refractivity contribution < 1.29 is 9.85 Å². The number of hydrogen-bond acceptors (Lipinski definition) is 5. The quantitative estimate of drug-likeness (QED) is 0.498. The molecule has 0 atom stereocenters. The Balaban J connectivity index is 2.59. The number of nitro groups is 2. The average molecular weight is 369 g/mol. The van der Waals surface area contributed by atoms with Crippen LogP contribution in [0.15, 0.2) is 45.8 Å². The number of thiol groups is 1. The van der Waals surface area contributed by atoms with E-state index in [1.54, 1.807) is 18.2 Å². The van der Waals surface area contributed by atoms with E-state index in [1.165, 1.54) is 18.2 Å². The predicted molar refractivity (Wildman–Crippen MR) is 84.0 cm³/mol. The van der Waals surface area contributed by atoms with Crippen molar-refractivity contribution in [3.8, 4) is 0 Å². The van der Waals surface area contributed by atoms with Gasteiger partial charge >= 0.3 is 0 Å². The van der Waals surface area contributed by atoms with Crippen LogP contribution < -0.4 is 0 Å². The number of halogens is 1. The fraction of sp³-hybridized carbons (Fsp3) is 0.0769. The molecule has 2 aromatic carbocycles. The molecule has 0 radical (unpaired) electrons. The molecular weight excluding hydrogens is 360 g/mol. The van der Waals surface area contributed by atoms with Crippen molar-refractivity contribution in [3.63, 3.8) is 0 Å². The molecule has 0 aliphatic rings. The van der Waals surface area contributed by atoms with Crippen molar-refractivity contribution in [2.75, 3.05) is 0 Å². The molecule has 0 aromatic heterocycles. The third-order valence-corrected chi connectivity index (χ3v) is 3.86. The molecule has 8 heteroatoms. The lowest BCUT2D eigenvalue weighted by Gasteiger charge is -2.07. The van der Waals surface area contributed by atoms with Crippen LogP contribution in [0.3, 0.4) is 0 Å². The van der Waals surface area contributed by atoms with Crippen molar-refractivity contribution in [1.29, 1.82) is 0 Å². The van der Waals surface area contributed by atoms with E-state index in [4.69, 9.17) is 0 Å². The molecule has 108 valence electrons. The fourth-order valence-electron chi connectivity index (χ4n) is 1.97. The van der Waals surface area contributed by atoms with Gasteiger partial charge in [-0.2, -0.15) is 0 Å². The van der Waals surface area contributed by atoms with Gasteiger partial charge in [0.1, 0.15) is 5.56 Å². The lowest BCUT2D eigenvalue weighted by atomic mass is 10.0. The van der Waals surface area contributed by atoms with Crippen LogP contribution in [0.25, 0.3) is 0 Å². The highest BCUT2D eigenvalue weighted by Crippen LogP contribution is 2.32. The Morgan fingerprint density at radius 3 is 2.14 bits per heavy atom. The molecule has 21 heavy (non-hydrogen) atoms. The molecule has 0 saturated carbocycles. The molecule has 0 spiro atoms. The fourth-order valence-corrected chi connectivity index (χ4v) is 2.60. The van der Waals surface area contributed by atoms with Gasteiger partial charge in [-0.3, -0.25) is 20.2 Å². The van der Waals surface area contributed by atoms with Crippen molar-refractivity contribution in [2.45, 2.75) is 11.3 Å². The Kier molecular flexibility index (Phi) is 4.59. The van der Waals surface area contributed by atoms with Gasteiger partial charge in [-0.25, -0.2) is 0 Å². The first-order chi connectivity index (χ1) is 9.90. The van der Waals surface area contributed by atoms with Gasteiger partial charge < -0.3 is 0 Å². The predicted octanol–water partition coefficient (Wildman–Crippen LogP) is 4.15. The van der Waals surface area contributed by atoms with Crippen LogP contribution >= 0.6 is 28.6 Å².